The van der Waals surface area contributed by atoms with E-state index in [0.717, 1.165) is 22.4 Å². The molecule has 1 heterocycles. The Bertz CT molecular complexity index is 1120. The fraction of sp³-hybridized carbons (Fsp3) is 0.355. The van der Waals surface area contributed by atoms with E-state index in [1.807, 2.05) is 89.2 Å². The highest BCUT2D eigenvalue weighted by atomic mass is 16.6. The molecule has 1 aliphatic rings. The van der Waals surface area contributed by atoms with Crippen molar-refractivity contribution in [3.63, 3.8) is 0 Å². The number of amides is 1. The maximum absolute atomic E-state index is 13.4. The monoisotopic (exact) mass is 484 g/mol. The van der Waals surface area contributed by atoms with Crippen LogP contribution >= 0.6 is 0 Å². The van der Waals surface area contributed by atoms with Crippen LogP contribution in [0.3, 0.4) is 0 Å². The van der Waals surface area contributed by atoms with Gasteiger partial charge in [0.15, 0.2) is 0 Å². The second kappa shape index (κ2) is 10.7. The molecule has 0 spiro atoms. The van der Waals surface area contributed by atoms with E-state index >= 15 is 0 Å². The van der Waals surface area contributed by atoms with Crippen molar-refractivity contribution in [2.75, 3.05) is 6.61 Å². The summed E-state index contributed by atoms with van der Waals surface area (Å²) < 4.78 is 12.0. The minimum Gasteiger partial charge on any atom is -0.444 e. The van der Waals surface area contributed by atoms with E-state index in [0.29, 0.717) is 13.0 Å². The summed E-state index contributed by atoms with van der Waals surface area (Å²) in [5, 5.41) is 0. The van der Waals surface area contributed by atoms with Crippen molar-refractivity contribution >= 4 is 11.8 Å². The van der Waals surface area contributed by atoms with Gasteiger partial charge in [0.2, 0.25) is 0 Å². The lowest BCUT2D eigenvalue weighted by molar-refractivity contribution is -0.0586. The van der Waals surface area contributed by atoms with Gasteiger partial charge in [-0.25, -0.2) is 4.79 Å². The first-order valence-corrected chi connectivity index (χ1v) is 12.5. The third kappa shape index (κ3) is 5.85. The van der Waals surface area contributed by atoms with Crippen molar-refractivity contribution in [1.29, 1.82) is 0 Å². The van der Waals surface area contributed by atoms with Gasteiger partial charge in [-0.15, -0.1) is 0 Å². The maximum Gasteiger partial charge on any atom is 0.412 e. The Hall–Kier alpha value is -3.44. The molecule has 5 heteroatoms. The minimum absolute atomic E-state index is 0.290. The van der Waals surface area contributed by atoms with E-state index in [1.165, 1.54) is 0 Å². The van der Waals surface area contributed by atoms with Crippen LogP contribution in [0.4, 0.5) is 4.79 Å². The Morgan fingerprint density at radius 1 is 0.889 bits per heavy atom. The number of nitrogens with zero attached hydrogens (tertiary/aromatic N) is 2. The topological polar surface area (TPSA) is 51.1 Å². The predicted molar refractivity (Wildman–Crippen MR) is 144 cm³/mol. The Labute approximate surface area is 214 Å². The summed E-state index contributed by atoms with van der Waals surface area (Å²) in [4.78, 5) is 20.4. The van der Waals surface area contributed by atoms with Crippen LogP contribution in [0.1, 0.15) is 51.3 Å². The van der Waals surface area contributed by atoms with E-state index in [1.54, 1.807) is 4.90 Å². The van der Waals surface area contributed by atoms with Crippen LogP contribution < -0.4 is 0 Å². The molecule has 0 saturated carbocycles. The molecular formula is C31H36N2O3. The molecule has 0 bridgehead atoms. The molecule has 2 atom stereocenters. The molecule has 0 aromatic heterocycles. The van der Waals surface area contributed by atoms with Crippen LogP contribution in [-0.2, 0) is 15.9 Å². The van der Waals surface area contributed by atoms with Crippen LogP contribution in [-0.4, -0.2) is 46.7 Å². The number of carbonyl (C=O) groups excluding carboxylic acids is 1. The van der Waals surface area contributed by atoms with Crippen molar-refractivity contribution in [3.8, 4) is 0 Å². The molecule has 3 aromatic carbocycles. The third-order valence-corrected chi connectivity index (χ3v) is 6.61. The molecular weight excluding hydrogens is 448 g/mol. The quantitative estimate of drug-likeness (QED) is 0.359. The summed E-state index contributed by atoms with van der Waals surface area (Å²) in [6.45, 7) is 10.2. The molecule has 5 nitrogen and oxygen atoms in total. The third-order valence-electron chi connectivity index (χ3n) is 6.61. The summed E-state index contributed by atoms with van der Waals surface area (Å²) in [6.07, 6.45) is -0.210. The van der Waals surface area contributed by atoms with Crippen molar-refractivity contribution in [1.82, 2.24) is 4.90 Å². The summed E-state index contributed by atoms with van der Waals surface area (Å²) in [7, 11) is 0. The number of benzene rings is 3. The standard InChI is InChI=1S/C31H36N2O3/c1-23(36-29(34)33-30(2,3)22-35-31(33,4)5)27(21-24-15-9-6-10-16-24)32-28(25-17-11-7-12-18-25)26-19-13-8-14-20-26/h6-20,23,27H,21-22H2,1-5H3/t23-,27+/m0/s1. The SMILES string of the molecule is C[C@H](OC(=O)N1C(C)(C)COC1(C)C)[C@@H](Cc1ccccc1)N=C(c1ccccc1)c1ccccc1. The number of carbonyl (C=O) groups is 1. The smallest absolute Gasteiger partial charge is 0.412 e. The van der Waals surface area contributed by atoms with Crippen molar-refractivity contribution in [3.05, 3.63) is 108 Å². The van der Waals surface area contributed by atoms with Gasteiger partial charge >= 0.3 is 6.09 Å². The van der Waals surface area contributed by atoms with Gasteiger partial charge in [0.1, 0.15) is 11.8 Å². The second-order valence-corrected chi connectivity index (χ2v) is 10.4. The molecule has 0 N–H and O–H groups in total. The average molecular weight is 485 g/mol. The van der Waals surface area contributed by atoms with Crippen LogP contribution in [0, 0.1) is 0 Å². The number of hydrogen-bond acceptors (Lipinski definition) is 4. The number of aliphatic imine (C=N–C) groups is 1. The van der Waals surface area contributed by atoms with E-state index in [9.17, 15) is 4.79 Å². The zero-order chi connectivity index (χ0) is 25.8. The normalized spacial score (nSPS) is 17.8. The highest BCUT2D eigenvalue weighted by Crippen LogP contribution is 2.35. The first-order valence-electron chi connectivity index (χ1n) is 12.5. The molecule has 4 rings (SSSR count). The van der Waals surface area contributed by atoms with Gasteiger partial charge in [-0.2, -0.15) is 0 Å². The summed E-state index contributed by atoms with van der Waals surface area (Å²) >= 11 is 0. The molecule has 1 saturated heterocycles. The predicted octanol–water partition coefficient (Wildman–Crippen LogP) is 6.51. The Balaban J connectivity index is 1.70. The van der Waals surface area contributed by atoms with E-state index in [4.69, 9.17) is 14.5 Å². The molecule has 0 unspecified atom stereocenters. The molecule has 1 aliphatic heterocycles. The van der Waals surface area contributed by atoms with Crippen molar-refractivity contribution < 1.29 is 14.3 Å². The largest absolute Gasteiger partial charge is 0.444 e. The molecule has 0 radical (unpaired) electrons. The van der Waals surface area contributed by atoms with E-state index in [-0.39, 0.29) is 12.1 Å². The van der Waals surface area contributed by atoms with Crippen LogP contribution in [0.15, 0.2) is 96.0 Å². The van der Waals surface area contributed by atoms with Crippen LogP contribution in [0.5, 0.6) is 0 Å². The highest BCUT2D eigenvalue weighted by molar-refractivity contribution is 6.13. The average Bonchev–Trinajstić information content (AvgIpc) is 3.10. The van der Waals surface area contributed by atoms with Crippen LogP contribution in [0.25, 0.3) is 0 Å². The zero-order valence-corrected chi connectivity index (χ0v) is 21.8. The van der Waals surface area contributed by atoms with Crippen molar-refractivity contribution in [2.24, 2.45) is 4.99 Å². The molecule has 3 aromatic rings. The van der Waals surface area contributed by atoms with Gasteiger partial charge in [0.25, 0.3) is 0 Å². The Morgan fingerprint density at radius 2 is 1.39 bits per heavy atom. The number of ether oxygens (including phenoxy) is 2. The van der Waals surface area contributed by atoms with Crippen molar-refractivity contribution in [2.45, 2.75) is 64.4 Å². The first-order chi connectivity index (χ1) is 17.2. The lowest BCUT2D eigenvalue weighted by Gasteiger charge is -2.38. The summed E-state index contributed by atoms with van der Waals surface area (Å²) in [5.41, 5.74) is 2.87. The highest BCUT2D eigenvalue weighted by Gasteiger charge is 2.50. The summed E-state index contributed by atoms with van der Waals surface area (Å²) in [6, 6.07) is 30.2. The molecule has 1 fully saturated rings. The molecule has 188 valence electrons. The van der Waals surface area contributed by atoms with Gasteiger partial charge in [0.05, 0.1) is 23.9 Å². The Kier molecular flexibility index (Phi) is 7.60. The minimum atomic E-state index is -0.738. The van der Waals surface area contributed by atoms with Gasteiger partial charge < -0.3 is 9.47 Å². The Morgan fingerprint density at radius 3 is 1.86 bits per heavy atom. The molecule has 36 heavy (non-hydrogen) atoms. The molecule has 1 amide bonds. The zero-order valence-electron chi connectivity index (χ0n) is 21.8. The van der Waals surface area contributed by atoms with E-state index in [2.05, 4.69) is 36.4 Å². The van der Waals surface area contributed by atoms with Crippen LogP contribution in [0.2, 0.25) is 0 Å². The van der Waals surface area contributed by atoms with Gasteiger partial charge in [-0.3, -0.25) is 9.89 Å². The van der Waals surface area contributed by atoms with E-state index < -0.39 is 17.4 Å². The fourth-order valence-corrected chi connectivity index (χ4v) is 4.81. The van der Waals surface area contributed by atoms with Gasteiger partial charge in [-0.1, -0.05) is 91.0 Å². The lowest BCUT2D eigenvalue weighted by Crippen LogP contribution is -2.54. The van der Waals surface area contributed by atoms with Gasteiger partial charge in [0, 0.05) is 11.1 Å². The fourth-order valence-electron chi connectivity index (χ4n) is 4.81. The summed E-state index contributed by atoms with van der Waals surface area (Å²) in [5.74, 6) is 0. The van der Waals surface area contributed by atoms with Gasteiger partial charge in [-0.05, 0) is 46.6 Å². The molecule has 0 aliphatic carbocycles. The lowest BCUT2D eigenvalue weighted by atomic mass is 9.99. The number of rotatable bonds is 7. The number of hydrogen-bond donors (Lipinski definition) is 0. The first kappa shape index (κ1) is 25.6. The maximum atomic E-state index is 13.4. The second-order valence-electron chi connectivity index (χ2n) is 10.4.